The maximum Gasteiger partial charge on any atom is 0.292 e. The normalized spacial score (nSPS) is 21.2. The zero-order valence-electron chi connectivity index (χ0n) is 15.2. The van der Waals surface area contributed by atoms with Crippen LogP contribution in [0.2, 0.25) is 0 Å². The third kappa shape index (κ3) is 3.02. The fraction of sp³-hybridized carbons (Fsp3) is 0.450. The van der Waals surface area contributed by atoms with Crippen LogP contribution in [0.4, 0.5) is 0 Å². The molecule has 0 aliphatic carbocycles. The maximum absolute atomic E-state index is 12.9. The Morgan fingerprint density at radius 2 is 2.04 bits per heavy atom. The Balaban J connectivity index is 1.30. The van der Waals surface area contributed by atoms with Crippen LogP contribution < -0.4 is 5.32 Å². The Labute approximate surface area is 157 Å². The van der Waals surface area contributed by atoms with E-state index in [1.54, 1.807) is 0 Å². The fourth-order valence-electron chi connectivity index (χ4n) is 4.26. The molecule has 2 fully saturated rings. The van der Waals surface area contributed by atoms with Crippen molar-refractivity contribution in [3.63, 3.8) is 0 Å². The quantitative estimate of drug-likeness (QED) is 0.772. The second-order valence-electron chi connectivity index (χ2n) is 7.48. The van der Waals surface area contributed by atoms with Crippen LogP contribution in [0.15, 0.2) is 41.1 Å². The standard InChI is InChI=1S/C20H23N5O2/c26-20(19-11-17(23-27-19)14-5-8-21-9-6-14)24-10-7-16(13-24)25-18-4-2-1-3-15(18)12-22-25/h1-4,11-12,14,16,21H,5-10,13H2. The van der Waals surface area contributed by atoms with Gasteiger partial charge in [0.05, 0.1) is 23.4 Å². The van der Waals surface area contributed by atoms with Crippen LogP contribution in [-0.2, 0) is 0 Å². The number of benzene rings is 1. The molecule has 140 valence electrons. The van der Waals surface area contributed by atoms with Gasteiger partial charge in [-0.3, -0.25) is 9.48 Å². The van der Waals surface area contributed by atoms with Crippen LogP contribution in [0.5, 0.6) is 0 Å². The van der Waals surface area contributed by atoms with Crippen molar-refractivity contribution in [1.29, 1.82) is 0 Å². The molecular weight excluding hydrogens is 342 g/mol. The fourth-order valence-corrected chi connectivity index (χ4v) is 4.26. The van der Waals surface area contributed by atoms with Crippen molar-refractivity contribution < 1.29 is 9.32 Å². The second-order valence-corrected chi connectivity index (χ2v) is 7.48. The summed E-state index contributed by atoms with van der Waals surface area (Å²) in [4.78, 5) is 14.7. The molecular formula is C20H23N5O2. The molecule has 0 radical (unpaired) electrons. The number of rotatable bonds is 3. The maximum atomic E-state index is 12.9. The molecule has 3 aromatic rings. The lowest BCUT2D eigenvalue weighted by molar-refractivity contribution is 0.0745. The number of hydrogen-bond donors (Lipinski definition) is 1. The number of likely N-dealkylation sites (tertiary alicyclic amines) is 1. The first-order chi connectivity index (χ1) is 13.3. The van der Waals surface area contributed by atoms with Gasteiger partial charge >= 0.3 is 0 Å². The molecule has 0 spiro atoms. The summed E-state index contributed by atoms with van der Waals surface area (Å²) in [5, 5.41) is 13.2. The third-order valence-corrected chi connectivity index (χ3v) is 5.80. The first-order valence-electron chi connectivity index (χ1n) is 9.68. The summed E-state index contributed by atoms with van der Waals surface area (Å²) in [5.41, 5.74) is 2.03. The minimum absolute atomic E-state index is 0.0679. The highest BCUT2D eigenvalue weighted by Crippen LogP contribution is 2.28. The SMILES string of the molecule is O=C(c1cc(C2CCNCC2)no1)N1CCC(n2ncc3ccccc32)C1. The van der Waals surface area contributed by atoms with Crippen LogP contribution in [0.1, 0.15) is 47.5 Å². The largest absolute Gasteiger partial charge is 0.351 e. The molecule has 2 aliphatic heterocycles. The Hall–Kier alpha value is -2.67. The molecule has 27 heavy (non-hydrogen) atoms. The van der Waals surface area contributed by atoms with Crippen molar-refractivity contribution in [2.45, 2.75) is 31.2 Å². The number of amides is 1. The summed E-state index contributed by atoms with van der Waals surface area (Å²) in [7, 11) is 0. The summed E-state index contributed by atoms with van der Waals surface area (Å²) in [5.74, 6) is 0.675. The van der Waals surface area contributed by atoms with E-state index in [2.05, 4.69) is 27.7 Å². The lowest BCUT2D eigenvalue weighted by Gasteiger charge is -2.19. The summed E-state index contributed by atoms with van der Waals surface area (Å²) in [6.07, 6.45) is 4.87. The highest BCUT2D eigenvalue weighted by molar-refractivity contribution is 5.91. The second kappa shape index (κ2) is 6.81. The van der Waals surface area contributed by atoms with E-state index in [1.807, 2.05) is 34.0 Å². The number of nitrogens with one attached hydrogen (secondary N) is 1. The lowest BCUT2D eigenvalue weighted by Crippen LogP contribution is -2.29. The molecule has 2 saturated heterocycles. The average molecular weight is 365 g/mol. The number of carbonyl (C=O) groups is 1. The molecule has 7 nitrogen and oxygen atoms in total. The lowest BCUT2D eigenvalue weighted by atomic mass is 9.94. The van der Waals surface area contributed by atoms with Gasteiger partial charge in [0.15, 0.2) is 0 Å². The topological polar surface area (TPSA) is 76.2 Å². The van der Waals surface area contributed by atoms with Gasteiger partial charge in [0, 0.05) is 30.5 Å². The number of piperidine rings is 1. The Bertz CT molecular complexity index is 956. The van der Waals surface area contributed by atoms with Crippen LogP contribution in [0.25, 0.3) is 10.9 Å². The number of para-hydroxylation sites is 1. The number of hydrogen-bond acceptors (Lipinski definition) is 5. The van der Waals surface area contributed by atoms with E-state index in [1.165, 1.54) is 0 Å². The number of aromatic nitrogens is 3. The third-order valence-electron chi connectivity index (χ3n) is 5.80. The van der Waals surface area contributed by atoms with Crippen LogP contribution in [0, 0.1) is 0 Å². The average Bonchev–Trinajstić information content (AvgIpc) is 3.46. The van der Waals surface area contributed by atoms with Gasteiger partial charge in [0.25, 0.3) is 5.91 Å². The Kier molecular flexibility index (Phi) is 4.16. The van der Waals surface area contributed by atoms with E-state index in [-0.39, 0.29) is 11.9 Å². The molecule has 5 rings (SSSR count). The van der Waals surface area contributed by atoms with E-state index in [4.69, 9.17) is 4.52 Å². The van der Waals surface area contributed by atoms with Gasteiger partial charge in [-0.15, -0.1) is 0 Å². The number of carbonyl (C=O) groups excluding carboxylic acids is 1. The highest BCUT2D eigenvalue weighted by atomic mass is 16.5. The molecule has 0 saturated carbocycles. The molecule has 1 aromatic carbocycles. The van der Waals surface area contributed by atoms with Crippen molar-refractivity contribution in [3.8, 4) is 0 Å². The summed E-state index contributed by atoms with van der Waals surface area (Å²) < 4.78 is 7.45. The molecule has 7 heteroatoms. The van der Waals surface area contributed by atoms with E-state index < -0.39 is 0 Å². The Morgan fingerprint density at radius 1 is 1.19 bits per heavy atom. The number of nitrogens with zero attached hydrogens (tertiary/aromatic N) is 4. The van der Waals surface area contributed by atoms with Crippen LogP contribution in [0.3, 0.4) is 0 Å². The molecule has 4 heterocycles. The zero-order valence-corrected chi connectivity index (χ0v) is 15.2. The summed E-state index contributed by atoms with van der Waals surface area (Å²) in [6, 6.07) is 10.2. The van der Waals surface area contributed by atoms with Gasteiger partial charge in [-0.25, -0.2) is 0 Å². The number of fused-ring (bicyclic) bond motifs is 1. The zero-order chi connectivity index (χ0) is 18.2. The highest BCUT2D eigenvalue weighted by Gasteiger charge is 2.31. The van der Waals surface area contributed by atoms with E-state index in [0.717, 1.165) is 48.9 Å². The molecule has 2 aliphatic rings. The minimum atomic E-state index is -0.0679. The van der Waals surface area contributed by atoms with Crippen LogP contribution in [-0.4, -0.2) is 51.9 Å². The molecule has 1 unspecified atom stereocenters. The van der Waals surface area contributed by atoms with Gasteiger partial charge in [0.2, 0.25) is 5.76 Å². The van der Waals surface area contributed by atoms with E-state index in [0.29, 0.717) is 24.8 Å². The van der Waals surface area contributed by atoms with Crippen molar-refractivity contribution in [1.82, 2.24) is 25.2 Å². The Morgan fingerprint density at radius 3 is 2.93 bits per heavy atom. The van der Waals surface area contributed by atoms with Gasteiger partial charge in [0.1, 0.15) is 0 Å². The summed E-state index contributed by atoms with van der Waals surface area (Å²) in [6.45, 7) is 3.34. The summed E-state index contributed by atoms with van der Waals surface area (Å²) >= 11 is 0. The monoisotopic (exact) mass is 365 g/mol. The van der Waals surface area contributed by atoms with Crippen molar-refractivity contribution in [2.24, 2.45) is 0 Å². The van der Waals surface area contributed by atoms with Crippen LogP contribution >= 0.6 is 0 Å². The van der Waals surface area contributed by atoms with Crippen molar-refractivity contribution >= 4 is 16.8 Å². The molecule has 2 aromatic heterocycles. The van der Waals surface area contributed by atoms with E-state index >= 15 is 0 Å². The van der Waals surface area contributed by atoms with E-state index in [9.17, 15) is 4.79 Å². The molecule has 0 bridgehead atoms. The predicted octanol–water partition coefficient (Wildman–Crippen LogP) is 2.58. The predicted molar refractivity (Wildman–Crippen MR) is 101 cm³/mol. The smallest absolute Gasteiger partial charge is 0.292 e. The van der Waals surface area contributed by atoms with Gasteiger partial charge in [-0.2, -0.15) is 5.10 Å². The van der Waals surface area contributed by atoms with Crippen molar-refractivity contribution in [2.75, 3.05) is 26.2 Å². The molecule has 1 atom stereocenters. The first kappa shape index (κ1) is 16.5. The molecule has 1 amide bonds. The van der Waals surface area contributed by atoms with Gasteiger partial charge < -0.3 is 14.7 Å². The minimum Gasteiger partial charge on any atom is -0.351 e. The first-order valence-corrected chi connectivity index (χ1v) is 9.68. The van der Waals surface area contributed by atoms with Gasteiger partial charge in [-0.05, 0) is 38.4 Å². The van der Waals surface area contributed by atoms with Crippen molar-refractivity contribution in [3.05, 3.63) is 48.0 Å². The molecule has 1 N–H and O–H groups in total. The van der Waals surface area contributed by atoms with Gasteiger partial charge in [-0.1, -0.05) is 23.4 Å².